The molecule has 1 heteroatoms. The highest BCUT2D eigenvalue weighted by atomic mass is 14.8. The molecule has 0 fully saturated rings. The predicted molar refractivity (Wildman–Crippen MR) is 37.6 cm³/mol. The summed E-state index contributed by atoms with van der Waals surface area (Å²) in [5, 5.41) is 2.89. The largest absolute Gasteiger partial charge is 0.394 e. The van der Waals surface area contributed by atoms with Crippen molar-refractivity contribution in [1.82, 2.24) is 5.32 Å². The first-order valence-electron chi connectivity index (χ1n) is 2.90. The molecule has 0 unspecified atom stereocenters. The minimum atomic E-state index is 1.11. The Labute approximate surface area is 51.1 Å². The normalized spacial score (nSPS) is 11.2. The van der Waals surface area contributed by atoms with Gasteiger partial charge in [-0.05, 0) is 18.7 Å². The van der Waals surface area contributed by atoms with Crippen molar-refractivity contribution in [2.45, 2.75) is 13.3 Å². The highest BCUT2D eigenvalue weighted by Crippen LogP contribution is 1.78. The highest BCUT2D eigenvalue weighted by Gasteiger charge is 1.60. The molecule has 0 bridgehead atoms. The van der Waals surface area contributed by atoms with Gasteiger partial charge in [-0.2, -0.15) is 0 Å². The van der Waals surface area contributed by atoms with E-state index < -0.39 is 0 Å². The Morgan fingerprint density at radius 3 is 2.62 bits per heavy atom. The van der Waals surface area contributed by atoms with Gasteiger partial charge in [-0.3, -0.25) is 0 Å². The van der Waals surface area contributed by atoms with Crippen LogP contribution in [0.2, 0.25) is 0 Å². The first kappa shape index (κ1) is 7.28. The van der Waals surface area contributed by atoms with Crippen molar-refractivity contribution in [3.05, 3.63) is 24.4 Å². The van der Waals surface area contributed by atoms with E-state index in [2.05, 4.69) is 18.3 Å². The summed E-state index contributed by atoms with van der Waals surface area (Å²) in [6.45, 7) is 2.11. The maximum Gasteiger partial charge on any atom is 0.00277 e. The third-order valence-electron chi connectivity index (χ3n) is 0.746. The van der Waals surface area contributed by atoms with Crippen LogP contribution in [0.4, 0.5) is 0 Å². The van der Waals surface area contributed by atoms with Gasteiger partial charge in [0.25, 0.3) is 0 Å². The molecular formula is C7H13N. The maximum absolute atomic E-state index is 2.89. The number of hydrogen-bond donors (Lipinski definition) is 1. The molecule has 0 saturated carbocycles. The Kier molecular flexibility index (Phi) is 5.71. The molecular weight excluding hydrogens is 98.1 g/mol. The van der Waals surface area contributed by atoms with Crippen LogP contribution in [0.5, 0.6) is 0 Å². The molecule has 8 heavy (non-hydrogen) atoms. The molecule has 46 valence electrons. The Morgan fingerprint density at radius 1 is 1.38 bits per heavy atom. The summed E-state index contributed by atoms with van der Waals surface area (Å²) in [6.07, 6.45) is 9.11. The zero-order valence-electron chi connectivity index (χ0n) is 5.52. The van der Waals surface area contributed by atoms with Crippen molar-refractivity contribution in [2.24, 2.45) is 0 Å². The standard InChI is InChI=1S/C7H13N/c1-3-4-5-6-7-8-2/h4-8H,3H2,1-2H3/b5-4+,7-6-. The molecule has 0 amide bonds. The number of hydrogen-bond acceptors (Lipinski definition) is 1. The molecule has 0 aromatic carbocycles. The quantitative estimate of drug-likeness (QED) is 0.546. The summed E-state index contributed by atoms with van der Waals surface area (Å²) in [7, 11) is 1.89. The minimum Gasteiger partial charge on any atom is -0.394 e. The van der Waals surface area contributed by atoms with E-state index in [4.69, 9.17) is 0 Å². The third-order valence-corrected chi connectivity index (χ3v) is 0.746. The third kappa shape index (κ3) is 5.28. The van der Waals surface area contributed by atoms with Crippen LogP contribution < -0.4 is 5.32 Å². The zero-order chi connectivity index (χ0) is 6.24. The molecule has 0 aromatic heterocycles. The monoisotopic (exact) mass is 111 g/mol. The lowest BCUT2D eigenvalue weighted by atomic mass is 10.4. The maximum atomic E-state index is 2.89. The van der Waals surface area contributed by atoms with Crippen LogP contribution in [-0.2, 0) is 0 Å². The topological polar surface area (TPSA) is 12.0 Å². The van der Waals surface area contributed by atoms with E-state index in [1.165, 1.54) is 0 Å². The molecule has 1 N–H and O–H groups in total. The summed E-state index contributed by atoms with van der Waals surface area (Å²) in [5.41, 5.74) is 0. The van der Waals surface area contributed by atoms with E-state index in [0.29, 0.717) is 0 Å². The van der Waals surface area contributed by atoms with Crippen LogP contribution in [-0.4, -0.2) is 7.05 Å². The molecule has 0 spiro atoms. The summed E-state index contributed by atoms with van der Waals surface area (Å²) in [5.74, 6) is 0. The summed E-state index contributed by atoms with van der Waals surface area (Å²) in [6, 6.07) is 0. The van der Waals surface area contributed by atoms with Crippen molar-refractivity contribution in [3.8, 4) is 0 Å². The van der Waals surface area contributed by atoms with Crippen molar-refractivity contribution in [3.63, 3.8) is 0 Å². The molecule has 0 heterocycles. The van der Waals surface area contributed by atoms with E-state index in [9.17, 15) is 0 Å². The average Bonchev–Trinajstić information content (AvgIpc) is 1.81. The zero-order valence-corrected chi connectivity index (χ0v) is 5.52. The van der Waals surface area contributed by atoms with E-state index in [1.54, 1.807) is 0 Å². The van der Waals surface area contributed by atoms with Crippen LogP contribution >= 0.6 is 0 Å². The first-order valence-corrected chi connectivity index (χ1v) is 2.90. The highest BCUT2D eigenvalue weighted by molar-refractivity contribution is 5.00. The van der Waals surface area contributed by atoms with Gasteiger partial charge in [0.1, 0.15) is 0 Å². The number of rotatable bonds is 3. The van der Waals surface area contributed by atoms with Gasteiger partial charge in [-0.1, -0.05) is 19.1 Å². The van der Waals surface area contributed by atoms with Gasteiger partial charge in [0.15, 0.2) is 0 Å². The number of allylic oxidation sites excluding steroid dienone is 3. The van der Waals surface area contributed by atoms with Crippen LogP contribution in [0, 0.1) is 0 Å². The fourth-order valence-corrected chi connectivity index (χ4v) is 0.366. The fraction of sp³-hybridized carbons (Fsp3) is 0.429. The van der Waals surface area contributed by atoms with Crippen molar-refractivity contribution in [2.75, 3.05) is 7.05 Å². The lowest BCUT2D eigenvalue weighted by molar-refractivity contribution is 1.10. The molecule has 0 atom stereocenters. The van der Waals surface area contributed by atoms with Crippen molar-refractivity contribution in [1.29, 1.82) is 0 Å². The van der Waals surface area contributed by atoms with Crippen LogP contribution in [0.3, 0.4) is 0 Å². The molecule has 0 rings (SSSR count). The van der Waals surface area contributed by atoms with Gasteiger partial charge in [0.2, 0.25) is 0 Å². The van der Waals surface area contributed by atoms with E-state index in [0.717, 1.165) is 6.42 Å². The first-order chi connectivity index (χ1) is 3.91. The fourth-order valence-electron chi connectivity index (χ4n) is 0.366. The lowest BCUT2D eigenvalue weighted by Gasteiger charge is -1.79. The molecule has 0 aliphatic rings. The van der Waals surface area contributed by atoms with Gasteiger partial charge in [-0.25, -0.2) is 0 Å². The molecule has 0 saturated heterocycles. The molecule has 0 radical (unpaired) electrons. The minimum absolute atomic E-state index is 1.11. The smallest absolute Gasteiger partial charge is 0.00277 e. The second-order valence-electron chi connectivity index (χ2n) is 1.48. The van der Waals surface area contributed by atoms with E-state index in [-0.39, 0.29) is 0 Å². The Hall–Kier alpha value is -0.720. The molecule has 0 aromatic rings. The van der Waals surface area contributed by atoms with Crippen molar-refractivity contribution >= 4 is 0 Å². The number of nitrogens with one attached hydrogen (secondary N) is 1. The van der Waals surface area contributed by atoms with Crippen molar-refractivity contribution < 1.29 is 0 Å². The van der Waals surface area contributed by atoms with Gasteiger partial charge >= 0.3 is 0 Å². The molecule has 1 nitrogen and oxygen atoms in total. The average molecular weight is 111 g/mol. The van der Waals surface area contributed by atoms with E-state index in [1.807, 2.05) is 25.4 Å². The van der Waals surface area contributed by atoms with E-state index >= 15 is 0 Å². The summed E-state index contributed by atoms with van der Waals surface area (Å²) in [4.78, 5) is 0. The summed E-state index contributed by atoms with van der Waals surface area (Å²) < 4.78 is 0. The van der Waals surface area contributed by atoms with Gasteiger partial charge in [-0.15, -0.1) is 0 Å². The predicted octanol–water partition coefficient (Wildman–Crippen LogP) is 1.69. The van der Waals surface area contributed by atoms with Crippen LogP contribution in [0.25, 0.3) is 0 Å². The van der Waals surface area contributed by atoms with Gasteiger partial charge in [0.05, 0.1) is 0 Å². The Morgan fingerprint density at radius 2 is 2.12 bits per heavy atom. The SMILES string of the molecule is CC/C=C/C=C\NC. The Bertz CT molecular complexity index is 70.4. The van der Waals surface area contributed by atoms with Gasteiger partial charge in [0, 0.05) is 7.05 Å². The van der Waals surface area contributed by atoms with Crippen LogP contribution in [0.1, 0.15) is 13.3 Å². The molecule has 0 aliphatic heterocycles. The lowest BCUT2D eigenvalue weighted by Crippen LogP contribution is -1.89. The second kappa shape index (κ2) is 6.28. The van der Waals surface area contributed by atoms with Gasteiger partial charge < -0.3 is 5.32 Å². The van der Waals surface area contributed by atoms with Crippen LogP contribution in [0.15, 0.2) is 24.4 Å². The second-order valence-corrected chi connectivity index (χ2v) is 1.48. The molecule has 0 aliphatic carbocycles. The summed E-state index contributed by atoms with van der Waals surface area (Å²) >= 11 is 0. The Balaban J connectivity index is 3.13.